The molecule has 2 atom stereocenters. The highest BCUT2D eigenvalue weighted by molar-refractivity contribution is 8.01. The second-order valence-corrected chi connectivity index (χ2v) is 7.97. The second kappa shape index (κ2) is 6.26. The van der Waals surface area contributed by atoms with Gasteiger partial charge in [0.05, 0.1) is 15.5 Å². The number of aromatic nitrogens is 1. The number of thioether (sulfide) groups is 1. The summed E-state index contributed by atoms with van der Waals surface area (Å²) in [5, 5.41) is 2.41. The highest BCUT2D eigenvalue weighted by Gasteiger charge is 2.22. The predicted octanol–water partition coefficient (Wildman–Crippen LogP) is 4.93. The SMILES string of the molecule is CCC(N)C(Sc1nc2ccccc2s1)c1cccs1. The van der Waals surface area contributed by atoms with Crippen molar-refractivity contribution in [1.82, 2.24) is 4.98 Å². The van der Waals surface area contributed by atoms with Gasteiger partial charge in [-0.25, -0.2) is 4.98 Å². The lowest BCUT2D eigenvalue weighted by Gasteiger charge is -2.19. The summed E-state index contributed by atoms with van der Waals surface area (Å²) in [5.74, 6) is 0. The minimum Gasteiger partial charge on any atom is -0.326 e. The molecule has 5 heteroatoms. The number of hydrogen-bond donors (Lipinski definition) is 1. The van der Waals surface area contributed by atoms with E-state index in [0.717, 1.165) is 16.3 Å². The number of para-hydroxylation sites is 1. The van der Waals surface area contributed by atoms with Crippen LogP contribution >= 0.6 is 34.4 Å². The van der Waals surface area contributed by atoms with Crippen LogP contribution in [0.4, 0.5) is 0 Å². The van der Waals surface area contributed by atoms with Crippen LogP contribution in [0, 0.1) is 0 Å². The summed E-state index contributed by atoms with van der Waals surface area (Å²) in [7, 11) is 0. The molecule has 0 saturated carbocycles. The predicted molar refractivity (Wildman–Crippen MR) is 90.8 cm³/mol. The molecular formula is C15H16N2S3. The number of rotatable bonds is 5. The molecule has 0 radical (unpaired) electrons. The minimum absolute atomic E-state index is 0.158. The second-order valence-electron chi connectivity index (χ2n) is 4.57. The Labute approximate surface area is 131 Å². The summed E-state index contributed by atoms with van der Waals surface area (Å²) < 4.78 is 2.35. The van der Waals surface area contributed by atoms with E-state index in [2.05, 4.69) is 42.6 Å². The molecule has 2 aromatic heterocycles. The highest BCUT2D eigenvalue weighted by Crippen LogP contribution is 2.42. The van der Waals surface area contributed by atoms with E-state index in [9.17, 15) is 0 Å². The molecule has 104 valence electrons. The van der Waals surface area contributed by atoms with Gasteiger partial charge in [-0.3, -0.25) is 0 Å². The Balaban J connectivity index is 1.89. The summed E-state index contributed by atoms with van der Waals surface area (Å²) in [6, 6.07) is 12.7. The quantitative estimate of drug-likeness (QED) is 0.678. The smallest absolute Gasteiger partial charge is 0.151 e. The molecule has 0 spiro atoms. The molecule has 3 rings (SSSR count). The lowest BCUT2D eigenvalue weighted by molar-refractivity contribution is 0.640. The van der Waals surface area contributed by atoms with Crippen molar-refractivity contribution in [2.45, 2.75) is 29.0 Å². The molecule has 0 bridgehead atoms. The fraction of sp³-hybridized carbons (Fsp3) is 0.267. The Morgan fingerprint density at radius 2 is 2.10 bits per heavy atom. The van der Waals surface area contributed by atoms with Crippen molar-refractivity contribution in [2.75, 3.05) is 0 Å². The fourth-order valence-corrected chi connectivity index (χ4v) is 5.53. The summed E-state index contributed by atoms with van der Waals surface area (Å²) in [4.78, 5) is 6.05. The van der Waals surface area contributed by atoms with E-state index in [1.807, 2.05) is 6.07 Å². The fourth-order valence-electron chi connectivity index (χ4n) is 2.03. The average Bonchev–Trinajstić information content (AvgIpc) is 3.12. The summed E-state index contributed by atoms with van der Waals surface area (Å²) in [6.07, 6.45) is 0.973. The Bertz CT molecular complexity index is 642. The molecule has 0 amide bonds. The third-order valence-corrected chi connectivity index (χ3v) is 6.81. The van der Waals surface area contributed by atoms with E-state index < -0.39 is 0 Å². The van der Waals surface area contributed by atoms with Crippen molar-refractivity contribution in [3.8, 4) is 0 Å². The number of hydrogen-bond acceptors (Lipinski definition) is 5. The van der Waals surface area contributed by atoms with Gasteiger partial charge in [-0.1, -0.05) is 36.9 Å². The van der Waals surface area contributed by atoms with Crippen molar-refractivity contribution in [3.63, 3.8) is 0 Å². The molecular weight excluding hydrogens is 304 g/mol. The molecule has 2 heterocycles. The van der Waals surface area contributed by atoms with Gasteiger partial charge in [0.15, 0.2) is 4.34 Å². The first-order valence-electron chi connectivity index (χ1n) is 6.59. The van der Waals surface area contributed by atoms with Crippen molar-refractivity contribution in [1.29, 1.82) is 0 Å². The van der Waals surface area contributed by atoms with Gasteiger partial charge < -0.3 is 5.73 Å². The molecule has 0 aliphatic heterocycles. The molecule has 1 aromatic carbocycles. The Morgan fingerprint density at radius 3 is 2.80 bits per heavy atom. The summed E-state index contributed by atoms with van der Waals surface area (Å²) >= 11 is 5.33. The largest absolute Gasteiger partial charge is 0.326 e. The van der Waals surface area contributed by atoms with E-state index in [4.69, 9.17) is 10.7 Å². The first kappa shape index (κ1) is 14.1. The van der Waals surface area contributed by atoms with Crippen molar-refractivity contribution >= 4 is 44.7 Å². The molecule has 2 nitrogen and oxygen atoms in total. The van der Waals surface area contributed by atoms with Crippen LogP contribution in [0.15, 0.2) is 46.1 Å². The summed E-state index contributed by atoms with van der Waals surface area (Å²) in [5.41, 5.74) is 7.39. The molecule has 20 heavy (non-hydrogen) atoms. The minimum atomic E-state index is 0.158. The highest BCUT2D eigenvalue weighted by atomic mass is 32.2. The molecule has 0 fully saturated rings. The number of thiazole rings is 1. The van der Waals surface area contributed by atoms with Crippen LogP contribution in [0.5, 0.6) is 0 Å². The topological polar surface area (TPSA) is 38.9 Å². The molecule has 2 unspecified atom stereocenters. The lowest BCUT2D eigenvalue weighted by Crippen LogP contribution is -2.25. The van der Waals surface area contributed by atoms with Gasteiger partial charge in [0.1, 0.15) is 0 Å². The van der Waals surface area contributed by atoms with Gasteiger partial charge in [-0.15, -0.1) is 22.7 Å². The normalized spacial score (nSPS) is 14.5. The molecule has 0 aliphatic rings. The van der Waals surface area contributed by atoms with E-state index in [0.29, 0.717) is 5.25 Å². The Morgan fingerprint density at radius 1 is 1.25 bits per heavy atom. The van der Waals surface area contributed by atoms with E-state index in [1.165, 1.54) is 9.58 Å². The van der Waals surface area contributed by atoms with E-state index >= 15 is 0 Å². The number of benzene rings is 1. The molecule has 2 N–H and O–H groups in total. The van der Waals surface area contributed by atoms with Crippen LogP contribution in [0.25, 0.3) is 10.2 Å². The standard InChI is InChI=1S/C15H16N2S3/c1-2-10(16)14(13-8-5-9-18-13)20-15-17-11-6-3-4-7-12(11)19-15/h3-10,14H,2,16H2,1H3. The van der Waals surface area contributed by atoms with Gasteiger partial charge in [0.2, 0.25) is 0 Å². The zero-order valence-electron chi connectivity index (χ0n) is 11.2. The molecule has 3 aromatic rings. The number of nitrogens with two attached hydrogens (primary N) is 1. The van der Waals surface area contributed by atoms with E-state index in [-0.39, 0.29) is 6.04 Å². The van der Waals surface area contributed by atoms with Crippen molar-refractivity contribution in [3.05, 3.63) is 46.7 Å². The summed E-state index contributed by atoms with van der Waals surface area (Å²) in [6.45, 7) is 2.14. The van der Waals surface area contributed by atoms with Crippen LogP contribution < -0.4 is 5.73 Å². The van der Waals surface area contributed by atoms with Gasteiger partial charge >= 0.3 is 0 Å². The van der Waals surface area contributed by atoms with Gasteiger partial charge in [-0.05, 0) is 30.0 Å². The zero-order chi connectivity index (χ0) is 13.9. The van der Waals surface area contributed by atoms with E-state index in [1.54, 1.807) is 34.4 Å². The van der Waals surface area contributed by atoms with Crippen LogP contribution in [0.1, 0.15) is 23.5 Å². The van der Waals surface area contributed by atoms with Crippen LogP contribution in [0.2, 0.25) is 0 Å². The maximum absolute atomic E-state index is 6.31. The van der Waals surface area contributed by atoms with Crippen LogP contribution in [0.3, 0.4) is 0 Å². The molecule has 0 aliphatic carbocycles. The number of nitrogens with zero attached hydrogens (tertiary/aromatic N) is 1. The third-order valence-electron chi connectivity index (χ3n) is 3.19. The van der Waals surface area contributed by atoms with Crippen molar-refractivity contribution < 1.29 is 0 Å². The third kappa shape index (κ3) is 2.91. The van der Waals surface area contributed by atoms with Gasteiger partial charge in [0, 0.05) is 10.9 Å². The van der Waals surface area contributed by atoms with Gasteiger partial charge in [0.25, 0.3) is 0 Å². The maximum atomic E-state index is 6.31. The Kier molecular flexibility index (Phi) is 4.41. The lowest BCUT2D eigenvalue weighted by atomic mass is 10.1. The molecule has 0 saturated heterocycles. The van der Waals surface area contributed by atoms with Crippen LogP contribution in [-0.2, 0) is 0 Å². The number of thiophene rings is 1. The maximum Gasteiger partial charge on any atom is 0.151 e. The zero-order valence-corrected chi connectivity index (χ0v) is 13.6. The Hall–Kier alpha value is -0.880. The first-order chi connectivity index (χ1) is 9.78. The van der Waals surface area contributed by atoms with Crippen LogP contribution in [-0.4, -0.2) is 11.0 Å². The van der Waals surface area contributed by atoms with Gasteiger partial charge in [-0.2, -0.15) is 0 Å². The average molecular weight is 321 g/mol. The monoisotopic (exact) mass is 320 g/mol. The first-order valence-corrected chi connectivity index (χ1v) is 9.16. The van der Waals surface area contributed by atoms with Crippen molar-refractivity contribution in [2.24, 2.45) is 5.73 Å². The number of fused-ring (bicyclic) bond motifs is 1.